The summed E-state index contributed by atoms with van der Waals surface area (Å²) in [5.41, 5.74) is 2.43. The molecule has 1 N–H and O–H groups in total. The van der Waals surface area contributed by atoms with Crippen LogP contribution in [0.25, 0.3) is 0 Å². The summed E-state index contributed by atoms with van der Waals surface area (Å²) in [6.07, 6.45) is 7.79. The first-order valence-electron chi connectivity index (χ1n) is 7.48. The Balaban J connectivity index is 1.57. The Morgan fingerprint density at radius 2 is 2.00 bits per heavy atom. The fraction of sp³-hybridized carbons (Fsp3) is 0.294. The number of hydrogen-bond donors (Lipinski definition) is 1. The second-order valence-corrected chi connectivity index (χ2v) is 5.53. The molecule has 2 heterocycles. The van der Waals surface area contributed by atoms with E-state index in [1.54, 1.807) is 0 Å². The number of aromatic nitrogens is 4. The van der Waals surface area contributed by atoms with Crippen LogP contribution in [0.2, 0.25) is 0 Å². The maximum Gasteiger partial charge on any atom is 0.125 e. The van der Waals surface area contributed by atoms with Gasteiger partial charge in [0.2, 0.25) is 0 Å². The van der Waals surface area contributed by atoms with Gasteiger partial charge in [0.15, 0.2) is 0 Å². The normalized spacial score (nSPS) is 12.5. The summed E-state index contributed by atoms with van der Waals surface area (Å²) in [5.74, 6) is 1.04. The molecule has 0 radical (unpaired) electrons. The average Bonchev–Trinajstić information content (AvgIpc) is 3.15. The minimum atomic E-state index is 0.206. The van der Waals surface area contributed by atoms with Gasteiger partial charge in [-0.3, -0.25) is 4.68 Å². The van der Waals surface area contributed by atoms with Crippen LogP contribution in [-0.4, -0.2) is 19.3 Å². The summed E-state index contributed by atoms with van der Waals surface area (Å²) >= 11 is 0. The van der Waals surface area contributed by atoms with Gasteiger partial charge in [0, 0.05) is 37.7 Å². The highest BCUT2D eigenvalue weighted by atomic mass is 15.3. The Kier molecular flexibility index (Phi) is 4.34. The van der Waals surface area contributed by atoms with Gasteiger partial charge in [-0.15, -0.1) is 0 Å². The zero-order valence-electron chi connectivity index (χ0n) is 13.0. The second-order valence-electron chi connectivity index (χ2n) is 5.53. The summed E-state index contributed by atoms with van der Waals surface area (Å²) in [6, 6.07) is 10.6. The second kappa shape index (κ2) is 6.58. The lowest BCUT2D eigenvalue weighted by Gasteiger charge is -2.12. The van der Waals surface area contributed by atoms with Crippen LogP contribution >= 0.6 is 0 Å². The van der Waals surface area contributed by atoms with Crippen molar-refractivity contribution in [2.45, 2.75) is 26.1 Å². The molecule has 0 amide bonds. The molecule has 3 aromatic rings. The van der Waals surface area contributed by atoms with Crippen molar-refractivity contribution in [2.75, 3.05) is 0 Å². The molecule has 22 heavy (non-hydrogen) atoms. The number of imidazole rings is 1. The first-order chi connectivity index (χ1) is 10.7. The zero-order valence-corrected chi connectivity index (χ0v) is 13.0. The van der Waals surface area contributed by atoms with Crippen molar-refractivity contribution in [2.24, 2.45) is 7.05 Å². The van der Waals surface area contributed by atoms with Crippen molar-refractivity contribution in [3.8, 4) is 0 Å². The number of hydrogen-bond acceptors (Lipinski definition) is 3. The Hall–Kier alpha value is -2.40. The molecule has 0 aliphatic rings. The van der Waals surface area contributed by atoms with Gasteiger partial charge in [0.25, 0.3) is 0 Å². The van der Waals surface area contributed by atoms with Gasteiger partial charge in [-0.25, -0.2) is 4.98 Å². The first kappa shape index (κ1) is 14.5. The number of rotatable bonds is 6. The summed E-state index contributed by atoms with van der Waals surface area (Å²) in [7, 11) is 2.01. The van der Waals surface area contributed by atoms with Gasteiger partial charge in [-0.1, -0.05) is 30.3 Å². The number of benzene rings is 1. The Morgan fingerprint density at radius 3 is 2.73 bits per heavy atom. The van der Waals surface area contributed by atoms with Gasteiger partial charge in [0.1, 0.15) is 5.82 Å². The van der Waals surface area contributed by atoms with Crippen molar-refractivity contribution >= 4 is 0 Å². The van der Waals surface area contributed by atoms with E-state index in [0.29, 0.717) is 0 Å². The van der Waals surface area contributed by atoms with E-state index in [1.165, 1.54) is 11.1 Å². The minimum absolute atomic E-state index is 0.206. The highest BCUT2D eigenvalue weighted by Crippen LogP contribution is 2.10. The molecule has 0 bridgehead atoms. The molecule has 0 aliphatic heterocycles. The van der Waals surface area contributed by atoms with Crippen LogP contribution in [0, 0.1) is 0 Å². The molecule has 5 nitrogen and oxygen atoms in total. The molecule has 1 atom stereocenters. The molecule has 0 fully saturated rings. The number of nitrogens with zero attached hydrogens (tertiary/aromatic N) is 4. The van der Waals surface area contributed by atoms with Crippen LogP contribution < -0.4 is 5.32 Å². The van der Waals surface area contributed by atoms with Crippen LogP contribution in [0.1, 0.15) is 29.9 Å². The van der Waals surface area contributed by atoms with Gasteiger partial charge in [-0.05, 0) is 12.5 Å². The van der Waals surface area contributed by atoms with Crippen molar-refractivity contribution in [1.82, 2.24) is 24.6 Å². The molecule has 0 aliphatic carbocycles. The third-order valence-corrected chi connectivity index (χ3v) is 3.73. The van der Waals surface area contributed by atoms with Gasteiger partial charge in [0.05, 0.1) is 18.8 Å². The topological polar surface area (TPSA) is 47.7 Å². The Labute approximate surface area is 130 Å². The van der Waals surface area contributed by atoms with Crippen LogP contribution in [0.15, 0.2) is 55.1 Å². The average molecular weight is 295 g/mol. The maximum absolute atomic E-state index is 4.43. The smallest absolute Gasteiger partial charge is 0.125 e. The molecular weight excluding hydrogens is 274 g/mol. The Bertz CT molecular complexity index is 713. The zero-order chi connectivity index (χ0) is 15.4. The van der Waals surface area contributed by atoms with Crippen LogP contribution in [0.4, 0.5) is 0 Å². The highest BCUT2D eigenvalue weighted by molar-refractivity contribution is 5.15. The number of nitrogens with one attached hydrogen (secondary N) is 1. The molecule has 0 spiro atoms. The minimum Gasteiger partial charge on any atom is -0.337 e. The fourth-order valence-corrected chi connectivity index (χ4v) is 2.51. The molecule has 2 aromatic heterocycles. The predicted octanol–water partition coefficient (Wildman–Crippen LogP) is 2.52. The number of aryl methyl sites for hydroxylation is 1. The largest absolute Gasteiger partial charge is 0.337 e. The third kappa shape index (κ3) is 3.43. The molecular formula is C17H21N5. The lowest BCUT2D eigenvalue weighted by atomic mass is 10.2. The van der Waals surface area contributed by atoms with E-state index < -0.39 is 0 Å². The third-order valence-electron chi connectivity index (χ3n) is 3.73. The molecule has 114 valence electrons. The van der Waals surface area contributed by atoms with E-state index in [-0.39, 0.29) is 6.04 Å². The summed E-state index contributed by atoms with van der Waals surface area (Å²) in [6.45, 7) is 3.70. The van der Waals surface area contributed by atoms with E-state index in [9.17, 15) is 0 Å². The van der Waals surface area contributed by atoms with E-state index in [0.717, 1.165) is 18.9 Å². The van der Waals surface area contributed by atoms with Crippen molar-refractivity contribution in [3.63, 3.8) is 0 Å². The lowest BCUT2D eigenvalue weighted by Crippen LogP contribution is -2.20. The van der Waals surface area contributed by atoms with Gasteiger partial charge < -0.3 is 9.88 Å². The predicted molar refractivity (Wildman–Crippen MR) is 86.2 cm³/mol. The summed E-state index contributed by atoms with van der Waals surface area (Å²) in [4.78, 5) is 4.37. The highest BCUT2D eigenvalue weighted by Gasteiger charge is 2.10. The van der Waals surface area contributed by atoms with Crippen LogP contribution in [-0.2, 0) is 20.1 Å². The van der Waals surface area contributed by atoms with Crippen molar-refractivity contribution in [3.05, 3.63) is 72.1 Å². The molecule has 5 heteroatoms. The first-order valence-corrected chi connectivity index (χ1v) is 7.48. The van der Waals surface area contributed by atoms with E-state index in [1.807, 2.05) is 41.0 Å². The maximum atomic E-state index is 4.43. The summed E-state index contributed by atoms with van der Waals surface area (Å²) < 4.78 is 4.01. The quantitative estimate of drug-likeness (QED) is 0.760. The molecule has 1 aromatic carbocycles. The standard InChI is InChI=1S/C17H21N5/c1-14(17-18-8-9-21(17)2)19-10-16-11-20-22(13-16)12-15-6-4-3-5-7-15/h3-9,11,13-14,19H,10,12H2,1-2H3. The molecule has 3 rings (SSSR count). The SMILES string of the molecule is CC(NCc1cnn(Cc2ccccc2)c1)c1nccn1C. The lowest BCUT2D eigenvalue weighted by molar-refractivity contribution is 0.529. The monoisotopic (exact) mass is 295 g/mol. The van der Waals surface area contributed by atoms with E-state index in [4.69, 9.17) is 0 Å². The van der Waals surface area contributed by atoms with E-state index >= 15 is 0 Å². The van der Waals surface area contributed by atoms with Gasteiger partial charge >= 0.3 is 0 Å². The van der Waals surface area contributed by atoms with E-state index in [2.05, 4.69) is 52.8 Å². The molecule has 0 saturated heterocycles. The van der Waals surface area contributed by atoms with Crippen LogP contribution in [0.5, 0.6) is 0 Å². The van der Waals surface area contributed by atoms with Gasteiger partial charge in [-0.2, -0.15) is 5.10 Å². The fourth-order valence-electron chi connectivity index (χ4n) is 2.51. The van der Waals surface area contributed by atoms with Crippen molar-refractivity contribution in [1.29, 1.82) is 0 Å². The molecule has 1 unspecified atom stereocenters. The molecule has 0 saturated carbocycles. The van der Waals surface area contributed by atoms with Crippen LogP contribution in [0.3, 0.4) is 0 Å². The Morgan fingerprint density at radius 1 is 1.18 bits per heavy atom. The summed E-state index contributed by atoms with van der Waals surface area (Å²) in [5, 5.41) is 7.91. The van der Waals surface area contributed by atoms with Crippen molar-refractivity contribution < 1.29 is 0 Å².